The van der Waals surface area contributed by atoms with Gasteiger partial charge in [0, 0.05) is 25.2 Å². The van der Waals surface area contributed by atoms with Crippen LogP contribution in [-0.4, -0.2) is 43.1 Å². The highest BCUT2D eigenvalue weighted by atomic mass is 35.5. The number of rotatable bonds is 2. The molecule has 19 heavy (non-hydrogen) atoms. The Labute approximate surface area is 120 Å². The summed E-state index contributed by atoms with van der Waals surface area (Å²) in [6, 6.07) is 7.92. The molecule has 1 N–H and O–H groups in total. The van der Waals surface area contributed by atoms with E-state index in [2.05, 4.69) is 19.2 Å². The molecular formula is C14H21ClN2O2. The Hall–Kier alpha value is -1.26. The van der Waals surface area contributed by atoms with Crippen LogP contribution in [0, 0.1) is 0 Å². The maximum Gasteiger partial charge on any atom is 0.257 e. The van der Waals surface area contributed by atoms with Gasteiger partial charge in [-0.2, -0.15) is 0 Å². The second-order valence-electron chi connectivity index (χ2n) is 4.82. The minimum absolute atomic E-state index is 0. The molecule has 1 aromatic rings. The molecule has 0 aromatic heterocycles. The van der Waals surface area contributed by atoms with E-state index < -0.39 is 0 Å². The lowest BCUT2D eigenvalue weighted by Crippen LogP contribution is -2.56. The molecule has 0 radical (unpaired) electrons. The van der Waals surface area contributed by atoms with Gasteiger partial charge in [-0.15, -0.1) is 12.4 Å². The fourth-order valence-corrected chi connectivity index (χ4v) is 2.28. The summed E-state index contributed by atoms with van der Waals surface area (Å²) >= 11 is 0. The van der Waals surface area contributed by atoms with Crippen molar-refractivity contribution in [2.24, 2.45) is 0 Å². The lowest BCUT2D eigenvalue weighted by Gasteiger charge is -2.37. The van der Waals surface area contributed by atoms with Gasteiger partial charge >= 0.3 is 0 Å². The summed E-state index contributed by atoms with van der Waals surface area (Å²) < 4.78 is 5.26. The van der Waals surface area contributed by atoms with Crippen molar-refractivity contribution in [2.45, 2.75) is 25.9 Å². The van der Waals surface area contributed by atoms with Gasteiger partial charge in [-0.1, -0.05) is 12.1 Å². The van der Waals surface area contributed by atoms with E-state index in [0.29, 0.717) is 17.4 Å². The Morgan fingerprint density at radius 2 is 2.05 bits per heavy atom. The summed E-state index contributed by atoms with van der Waals surface area (Å²) in [6.07, 6.45) is 0. The standard InChI is InChI=1S/C14H20N2O2.ClH/c1-10-9-16(11(2)8-15-10)14(17)12-6-4-5-7-13(12)18-3;/h4-7,10-11,15H,8-9H2,1-3H3;1H. The van der Waals surface area contributed by atoms with Gasteiger partial charge in [0.2, 0.25) is 0 Å². The van der Waals surface area contributed by atoms with E-state index in [1.165, 1.54) is 0 Å². The minimum atomic E-state index is 0. The van der Waals surface area contributed by atoms with Crippen LogP contribution in [0.3, 0.4) is 0 Å². The van der Waals surface area contributed by atoms with Crippen molar-refractivity contribution in [2.75, 3.05) is 20.2 Å². The first-order chi connectivity index (χ1) is 8.63. The maximum atomic E-state index is 12.6. The van der Waals surface area contributed by atoms with Gasteiger partial charge in [-0.3, -0.25) is 4.79 Å². The first-order valence-electron chi connectivity index (χ1n) is 6.31. The summed E-state index contributed by atoms with van der Waals surface area (Å²) in [7, 11) is 1.59. The topological polar surface area (TPSA) is 41.6 Å². The number of para-hydroxylation sites is 1. The van der Waals surface area contributed by atoms with Gasteiger partial charge in [0.15, 0.2) is 0 Å². The van der Waals surface area contributed by atoms with Crippen molar-refractivity contribution < 1.29 is 9.53 Å². The summed E-state index contributed by atoms with van der Waals surface area (Å²) in [4.78, 5) is 14.5. The Balaban J connectivity index is 0.00000180. The average Bonchev–Trinajstić information content (AvgIpc) is 2.40. The molecule has 0 saturated carbocycles. The van der Waals surface area contributed by atoms with Crippen LogP contribution >= 0.6 is 12.4 Å². The Morgan fingerprint density at radius 1 is 1.37 bits per heavy atom. The van der Waals surface area contributed by atoms with Crippen LogP contribution in [0.25, 0.3) is 0 Å². The van der Waals surface area contributed by atoms with Crippen LogP contribution < -0.4 is 10.1 Å². The van der Waals surface area contributed by atoms with Gasteiger partial charge in [-0.25, -0.2) is 0 Å². The summed E-state index contributed by atoms with van der Waals surface area (Å²) in [5.41, 5.74) is 0.640. The molecule has 1 aromatic carbocycles. The zero-order valence-electron chi connectivity index (χ0n) is 11.6. The molecule has 1 fully saturated rings. The molecule has 0 bridgehead atoms. The number of ether oxygens (including phenoxy) is 1. The van der Waals surface area contributed by atoms with Crippen molar-refractivity contribution in [1.29, 1.82) is 0 Å². The van der Waals surface area contributed by atoms with E-state index in [0.717, 1.165) is 13.1 Å². The van der Waals surface area contributed by atoms with Gasteiger partial charge in [0.25, 0.3) is 5.91 Å². The van der Waals surface area contributed by atoms with Crippen molar-refractivity contribution in [3.05, 3.63) is 29.8 Å². The molecule has 1 saturated heterocycles. The number of halogens is 1. The SMILES string of the molecule is COc1ccccc1C(=O)N1CC(C)NCC1C.Cl. The van der Waals surface area contributed by atoms with E-state index in [4.69, 9.17) is 4.74 Å². The Bertz CT molecular complexity index is 439. The molecule has 0 spiro atoms. The number of hydrogen-bond acceptors (Lipinski definition) is 3. The number of benzene rings is 1. The van der Waals surface area contributed by atoms with Crippen molar-refractivity contribution in [3.8, 4) is 5.75 Å². The number of carbonyl (C=O) groups is 1. The van der Waals surface area contributed by atoms with Crippen LogP contribution in [0.2, 0.25) is 0 Å². The molecule has 2 unspecified atom stereocenters. The van der Waals surface area contributed by atoms with Crippen LogP contribution in [0.4, 0.5) is 0 Å². The number of methoxy groups -OCH3 is 1. The molecule has 1 heterocycles. The molecule has 0 aliphatic carbocycles. The first kappa shape index (κ1) is 15.8. The minimum Gasteiger partial charge on any atom is -0.496 e. The third-order valence-corrected chi connectivity index (χ3v) is 3.36. The van der Waals surface area contributed by atoms with Gasteiger partial charge < -0.3 is 15.0 Å². The predicted molar refractivity (Wildman–Crippen MR) is 78.2 cm³/mol. The predicted octanol–water partition coefficient (Wildman–Crippen LogP) is 1.94. The molecular weight excluding hydrogens is 264 g/mol. The largest absolute Gasteiger partial charge is 0.496 e. The van der Waals surface area contributed by atoms with Crippen LogP contribution in [0.1, 0.15) is 24.2 Å². The third kappa shape index (κ3) is 3.39. The fraction of sp³-hybridized carbons (Fsp3) is 0.500. The maximum absolute atomic E-state index is 12.6. The van der Waals surface area contributed by atoms with E-state index in [-0.39, 0.29) is 24.4 Å². The molecule has 1 amide bonds. The zero-order valence-corrected chi connectivity index (χ0v) is 12.4. The molecule has 1 aliphatic heterocycles. The third-order valence-electron chi connectivity index (χ3n) is 3.36. The van der Waals surface area contributed by atoms with Gasteiger partial charge in [0.05, 0.1) is 12.7 Å². The summed E-state index contributed by atoms with van der Waals surface area (Å²) in [5.74, 6) is 0.689. The number of nitrogens with one attached hydrogen (secondary N) is 1. The van der Waals surface area contributed by atoms with E-state index >= 15 is 0 Å². The lowest BCUT2D eigenvalue weighted by molar-refractivity contribution is 0.0613. The highest BCUT2D eigenvalue weighted by Crippen LogP contribution is 2.21. The van der Waals surface area contributed by atoms with Gasteiger partial charge in [0.1, 0.15) is 5.75 Å². The number of nitrogens with zero attached hydrogens (tertiary/aromatic N) is 1. The van der Waals surface area contributed by atoms with Crippen molar-refractivity contribution >= 4 is 18.3 Å². The van der Waals surface area contributed by atoms with Crippen LogP contribution in [-0.2, 0) is 0 Å². The molecule has 2 rings (SSSR count). The highest BCUT2D eigenvalue weighted by molar-refractivity contribution is 5.97. The molecule has 4 nitrogen and oxygen atoms in total. The quantitative estimate of drug-likeness (QED) is 0.902. The fourth-order valence-electron chi connectivity index (χ4n) is 2.28. The smallest absolute Gasteiger partial charge is 0.257 e. The number of hydrogen-bond donors (Lipinski definition) is 1. The van der Waals surface area contributed by atoms with E-state index in [9.17, 15) is 4.79 Å². The molecule has 5 heteroatoms. The molecule has 106 valence electrons. The van der Waals surface area contributed by atoms with E-state index in [1.807, 2.05) is 29.2 Å². The van der Waals surface area contributed by atoms with Crippen molar-refractivity contribution in [3.63, 3.8) is 0 Å². The average molecular weight is 285 g/mol. The summed E-state index contributed by atoms with van der Waals surface area (Å²) in [5, 5.41) is 3.37. The number of amides is 1. The number of piperazine rings is 1. The normalized spacial score (nSPS) is 22.6. The first-order valence-corrected chi connectivity index (χ1v) is 6.31. The summed E-state index contributed by atoms with van der Waals surface area (Å²) in [6.45, 7) is 5.72. The number of carbonyl (C=O) groups excluding carboxylic acids is 1. The second kappa shape index (κ2) is 6.78. The van der Waals surface area contributed by atoms with Gasteiger partial charge in [-0.05, 0) is 26.0 Å². The Morgan fingerprint density at radius 3 is 2.74 bits per heavy atom. The molecule has 2 atom stereocenters. The second-order valence-corrected chi connectivity index (χ2v) is 4.82. The monoisotopic (exact) mass is 284 g/mol. The Kier molecular flexibility index (Phi) is 5.63. The van der Waals surface area contributed by atoms with E-state index in [1.54, 1.807) is 7.11 Å². The van der Waals surface area contributed by atoms with Crippen LogP contribution in [0.15, 0.2) is 24.3 Å². The highest BCUT2D eigenvalue weighted by Gasteiger charge is 2.28. The van der Waals surface area contributed by atoms with Crippen molar-refractivity contribution in [1.82, 2.24) is 10.2 Å². The van der Waals surface area contributed by atoms with Crippen LogP contribution in [0.5, 0.6) is 5.75 Å². The lowest BCUT2D eigenvalue weighted by atomic mass is 10.1. The molecule has 1 aliphatic rings. The zero-order chi connectivity index (χ0) is 13.1.